The van der Waals surface area contributed by atoms with Gasteiger partial charge in [0.25, 0.3) is 5.91 Å². The lowest BCUT2D eigenvalue weighted by Gasteiger charge is -2.28. The number of benzene rings is 1. The molecule has 27 heavy (non-hydrogen) atoms. The summed E-state index contributed by atoms with van der Waals surface area (Å²) in [5.74, 6) is 3.08. The summed E-state index contributed by atoms with van der Waals surface area (Å²) in [6.45, 7) is 6.50. The van der Waals surface area contributed by atoms with Crippen LogP contribution in [0.5, 0.6) is 5.75 Å². The zero-order valence-corrected chi connectivity index (χ0v) is 16.4. The first-order valence-electron chi connectivity index (χ1n) is 10.0. The Hall–Kier alpha value is -2.30. The zero-order valence-electron chi connectivity index (χ0n) is 16.4. The summed E-state index contributed by atoms with van der Waals surface area (Å²) in [6, 6.07) is 8.10. The Morgan fingerprint density at radius 2 is 2.15 bits per heavy atom. The molecule has 2 aromatic rings. The molecule has 0 saturated heterocycles. The third-order valence-corrected chi connectivity index (χ3v) is 6.36. The quantitative estimate of drug-likeness (QED) is 0.837. The molecule has 2 aliphatic carbocycles. The van der Waals surface area contributed by atoms with E-state index in [-0.39, 0.29) is 11.9 Å². The molecule has 4 atom stereocenters. The number of hydrogen-bond acceptors (Lipinski definition) is 3. The minimum atomic E-state index is -0.0873. The van der Waals surface area contributed by atoms with Crippen LogP contribution >= 0.6 is 0 Å². The average molecular weight is 367 g/mol. The van der Waals surface area contributed by atoms with Crippen LogP contribution in [0.15, 0.2) is 30.5 Å². The van der Waals surface area contributed by atoms with E-state index in [1.165, 1.54) is 25.7 Å². The van der Waals surface area contributed by atoms with Gasteiger partial charge in [-0.25, -0.2) is 4.68 Å². The van der Waals surface area contributed by atoms with Gasteiger partial charge >= 0.3 is 0 Å². The third-order valence-electron chi connectivity index (χ3n) is 6.36. The summed E-state index contributed by atoms with van der Waals surface area (Å²) in [5.41, 5.74) is 2.70. The van der Waals surface area contributed by atoms with Gasteiger partial charge in [0.15, 0.2) is 6.73 Å². The fraction of sp³-hybridized carbons (Fsp3) is 0.545. The maximum atomic E-state index is 12.6. The van der Waals surface area contributed by atoms with E-state index in [0.29, 0.717) is 18.3 Å². The largest absolute Gasteiger partial charge is 0.471 e. The molecule has 1 aromatic heterocycles. The average Bonchev–Trinajstić information content (AvgIpc) is 3.39. The molecule has 0 radical (unpaired) electrons. The van der Waals surface area contributed by atoms with Crippen LogP contribution < -0.4 is 10.1 Å². The van der Waals surface area contributed by atoms with Crippen LogP contribution in [0.1, 0.15) is 54.2 Å². The Balaban J connectivity index is 1.33. The fourth-order valence-electron chi connectivity index (χ4n) is 4.85. The lowest BCUT2D eigenvalue weighted by molar-refractivity contribution is 0.0908. The van der Waals surface area contributed by atoms with Crippen molar-refractivity contribution in [1.29, 1.82) is 0 Å². The maximum Gasteiger partial charge on any atom is 0.271 e. The van der Waals surface area contributed by atoms with Gasteiger partial charge in [-0.15, -0.1) is 0 Å². The van der Waals surface area contributed by atoms with E-state index in [4.69, 9.17) is 4.74 Å². The summed E-state index contributed by atoms with van der Waals surface area (Å²) in [4.78, 5) is 12.6. The van der Waals surface area contributed by atoms with Crippen molar-refractivity contribution in [2.45, 2.75) is 59.2 Å². The topological polar surface area (TPSA) is 56.1 Å². The molecule has 5 nitrogen and oxygen atoms in total. The molecule has 2 bridgehead atoms. The number of fused-ring (bicyclic) bond motifs is 2. The van der Waals surface area contributed by atoms with Crippen LogP contribution in [0, 0.1) is 31.6 Å². The molecule has 1 aromatic carbocycles. The Kier molecular flexibility index (Phi) is 4.94. The van der Waals surface area contributed by atoms with E-state index < -0.39 is 0 Å². The van der Waals surface area contributed by atoms with Gasteiger partial charge in [0.05, 0.1) is 0 Å². The molecular formula is C22H29N3O2. The van der Waals surface area contributed by atoms with Crippen molar-refractivity contribution < 1.29 is 9.53 Å². The molecule has 0 spiro atoms. The molecular weight excluding hydrogens is 338 g/mol. The van der Waals surface area contributed by atoms with Gasteiger partial charge in [-0.1, -0.05) is 18.6 Å². The van der Waals surface area contributed by atoms with Gasteiger partial charge in [-0.05, 0) is 81.0 Å². The van der Waals surface area contributed by atoms with Gasteiger partial charge < -0.3 is 10.1 Å². The van der Waals surface area contributed by atoms with Crippen molar-refractivity contribution in [3.8, 4) is 5.75 Å². The summed E-state index contributed by atoms with van der Waals surface area (Å²) in [5, 5.41) is 7.56. The van der Waals surface area contributed by atoms with Crippen LogP contribution in [-0.2, 0) is 6.73 Å². The second-order valence-electron chi connectivity index (χ2n) is 8.38. The third kappa shape index (κ3) is 3.87. The molecule has 4 unspecified atom stereocenters. The number of aromatic nitrogens is 2. The van der Waals surface area contributed by atoms with Crippen molar-refractivity contribution in [1.82, 2.24) is 15.1 Å². The number of carbonyl (C=O) groups is 1. The lowest BCUT2D eigenvalue weighted by Crippen LogP contribution is -2.40. The number of nitrogens with one attached hydrogen (secondary N) is 1. The lowest BCUT2D eigenvalue weighted by atomic mass is 9.84. The van der Waals surface area contributed by atoms with Crippen molar-refractivity contribution in [3.05, 3.63) is 47.3 Å². The van der Waals surface area contributed by atoms with Gasteiger partial charge in [-0.2, -0.15) is 5.10 Å². The first-order valence-corrected chi connectivity index (χ1v) is 10.0. The molecule has 2 saturated carbocycles. The maximum absolute atomic E-state index is 12.6. The predicted molar refractivity (Wildman–Crippen MR) is 105 cm³/mol. The number of rotatable bonds is 6. The molecule has 1 amide bonds. The van der Waals surface area contributed by atoms with Crippen LogP contribution in [0.4, 0.5) is 0 Å². The fourth-order valence-corrected chi connectivity index (χ4v) is 4.85. The Morgan fingerprint density at radius 1 is 1.30 bits per heavy atom. The minimum absolute atomic E-state index is 0.0873. The second kappa shape index (κ2) is 7.37. The van der Waals surface area contributed by atoms with Crippen LogP contribution in [-0.4, -0.2) is 21.7 Å². The molecule has 5 heteroatoms. The monoisotopic (exact) mass is 367 g/mol. The SMILES string of the molecule is Cc1ccc(C)c(OCn2ccc(C(=O)NC(C)C3CC4CCC3C4)n2)c1. The Bertz CT molecular complexity index is 829. The second-order valence-corrected chi connectivity index (χ2v) is 8.38. The van der Waals surface area contributed by atoms with E-state index in [1.807, 2.05) is 26.0 Å². The highest BCUT2D eigenvalue weighted by Gasteiger charge is 2.42. The Morgan fingerprint density at radius 3 is 2.89 bits per heavy atom. The normalized spacial score (nSPS) is 24.8. The van der Waals surface area contributed by atoms with Crippen LogP contribution in [0.25, 0.3) is 0 Å². The van der Waals surface area contributed by atoms with Crippen LogP contribution in [0.3, 0.4) is 0 Å². The molecule has 1 N–H and O–H groups in total. The highest BCUT2D eigenvalue weighted by atomic mass is 16.5. The summed E-state index contributed by atoms with van der Waals surface area (Å²) in [7, 11) is 0. The number of carbonyl (C=O) groups excluding carboxylic acids is 1. The van der Waals surface area contributed by atoms with Gasteiger partial charge in [0.1, 0.15) is 11.4 Å². The van der Waals surface area contributed by atoms with Crippen molar-refractivity contribution in [3.63, 3.8) is 0 Å². The van der Waals surface area contributed by atoms with E-state index in [1.54, 1.807) is 16.9 Å². The first-order chi connectivity index (χ1) is 13.0. The smallest absolute Gasteiger partial charge is 0.271 e. The summed E-state index contributed by atoms with van der Waals surface area (Å²) in [6.07, 6.45) is 7.13. The zero-order chi connectivity index (χ0) is 19.0. The summed E-state index contributed by atoms with van der Waals surface area (Å²) >= 11 is 0. The van der Waals surface area contributed by atoms with E-state index in [9.17, 15) is 4.79 Å². The van der Waals surface area contributed by atoms with Gasteiger partial charge in [0.2, 0.25) is 0 Å². The number of ether oxygens (including phenoxy) is 1. The minimum Gasteiger partial charge on any atom is -0.471 e. The highest BCUT2D eigenvalue weighted by molar-refractivity contribution is 5.92. The standard InChI is InChI=1S/C22H29N3O2/c1-14-4-5-15(2)21(10-14)27-13-25-9-8-20(24-25)22(26)23-16(3)19-12-17-6-7-18(19)11-17/h4-5,8-10,16-19H,6-7,11-13H2,1-3H3,(H,23,26). The van der Waals surface area contributed by atoms with E-state index in [2.05, 4.69) is 23.4 Å². The molecule has 2 aliphatic rings. The van der Waals surface area contributed by atoms with E-state index >= 15 is 0 Å². The molecule has 144 valence electrons. The number of amides is 1. The molecule has 2 fully saturated rings. The molecule has 4 rings (SSSR count). The molecule has 0 aliphatic heterocycles. The van der Waals surface area contributed by atoms with Crippen molar-refractivity contribution in [2.24, 2.45) is 17.8 Å². The van der Waals surface area contributed by atoms with Crippen molar-refractivity contribution >= 4 is 5.91 Å². The predicted octanol–water partition coefficient (Wildman–Crippen LogP) is 4.09. The number of nitrogens with zero attached hydrogens (tertiary/aromatic N) is 2. The molecule has 1 heterocycles. The summed E-state index contributed by atoms with van der Waals surface area (Å²) < 4.78 is 7.53. The number of aryl methyl sites for hydroxylation is 2. The Labute approximate surface area is 161 Å². The van der Waals surface area contributed by atoms with E-state index in [0.717, 1.165) is 28.7 Å². The highest BCUT2D eigenvalue weighted by Crippen LogP contribution is 2.49. The van der Waals surface area contributed by atoms with Crippen molar-refractivity contribution in [2.75, 3.05) is 0 Å². The van der Waals surface area contributed by atoms with Gasteiger partial charge in [0, 0.05) is 12.2 Å². The number of hydrogen-bond donors (Lipinski definition) is 1. The van der Waals surface area contributed by atoms with Crippen LogP contribution in [0.2, 0.25) is 0 Å². The van der Waals surface area contributed by atoms with Gasteiger partial charge in [-0.3, -0.25) is 4.79 Å². The first kappa shape index (κ1) is 18.1.